The fourth-order valence-corrected chi connectivity index (χ4v) is 0.998. The van der Waals surface area contributed by atoms with E-state index in [0.717, 1.165) is 17.0 Å². The normalized spacial score (nSPS) is 9.93. The molecule has 0 N–H and O–H groups in total. The number of aliphatic imine (C=N–C) groups is 1. The molecule has 0 aromatic heterocycles. The first kappa shape index (κ1) is 13.4. The van der Waals surface area contributed by atoms with Gasteiger partial charge in [0.05, 0.1) is 5.69 Å². The van der Waals surface area contributed by atoms with Gasteiger partial charge in [0.1, 0.15) is 0 Å². The number of benzene rings is 1. The molecule has 1 heteroatoms. The minimum atomic E-state index is 0.911. The lowest BCUT2D eigenvalue weighted by atomic mass is 10.2. The maximum Gasteiger partial charge on any atom is 0.0704 e. The highest BCUT2D eigenvalue weighted by Gasteiger charge is 1.94. The Morgan fingerprint density at radius 3 is 2.33 bits per heavy atom. The lowest BCUT2D eigenvalue weighted by Crippen LogP contribution is -1.82. The van der Waals surface area contributed by atoms with E-state index in [9.17, 15) is 0 Å². The number of rotatable bonds is 3. The first-order chi connectivity index (χ1) is 7.27. The van der Waals surface area contributed by atoms with Crippen molar-refractivity contribution in [3.05, 3.63) is 49.1 Å². The van der Waals surface area contributed by atoms with Crippen LogP contribution in [0.4, 0.5) is 5.69 Å². The third-order valence-corrected chi connectivity index (χ3v) is 1.75. The molecule has 0 bridgehead atoms. The van der Waals surface area contributed by atoms with Crippen LogP contribution in [0.25, 0.3) is 6.08 Å². The van der Waals surface area contributed by atoms with Gasteiger partial charge in [0, 0.05) is 5.71 Å². The largest absolute Gasteiger partial charge is 0.253 e. The first-order valence-electron chi connectivity index (χ1n) is 5.17. The molecule has 0 aliphatic carbocycles. The molecule has 0 fully saturated rings. The summed E-state index contributed by atoms with van der Waals surface area (Å²) in [6.07, 6.45) is 3.54. The molecule has 0 heterocycles. The van der Waals surface area contributed by atoms with Crippen molar-refractivity contribution in [1.82, 2.24) is 0 Å². The fourth-order valence-electron chi connectivity index (χ4n) is 0.998. The van der Waals surface area contributed by atoms with Crippen LogP contribution in [0.3, 0.4) is 0 Å². The molecule has 15 heavy (non-hydrogen) atoms. The fraction of sp³-hybridized carbons (Fsp3) is 0.214. The van der Waals surface area contributed by atoms with Crippen LogP contribution in [0.15, 0.2) is 48.5 Å². The van der Waals surface area contributed by atoms with E-state index in [1.165, 1.54) is 0 Å². The molecule has 0 spiro atoms. The summed E-state index contributed by atoms with van der Waals surface area (Å²) < 4.78 is 0. The smallest absolute Gasteiger partial charge is 0.0704 e. The number of hydrogen-bond donors (Lipinski definition) is 0. The van der Waals surface area contributed by atoms with Crippen molar-refractivity contribution in [3.8, 4) is 0 Å². The van der Waals surface area contributed by atoms with Crippen LogP contribution < -0.4 is 0 Å². The molecule has 1 aromatic carbocycles. The molecule has 0 aliphatic heterocycles. The van der Waals surface area contributed by atoms with Crippen molar-refractivity contribution in [2.45, 2.75) is 20.8 Å². The summed E-state index contributed by atoms with van der Waals surface area (Å²) in [6, 6.07) is 7.88. The quantitative estimate of drug-likeness (QED) is 0.632. The lowest BCUT2D eigenvalue weighted by Gasteiger charge is -1.99. The van der Waals surface area contributed by atoms with Gasteiger partial charge in [0.2, 0.25) is 0 Å². The molecular weight excluding hydrogens is 182 g/mol. The van der Waals surface area contributed by atoms with Crippen molar-refractivity contribution < 1.29 is 0 Å². The van der Waals surface area contributed by atoms with Crippen LogP contribution in [0.1, 0.15) is 26.3 Å². The highest BCUT2D eigenvalue weighted by Crippen LogP contribution is 2.19. The maximum atomic E-state index is 4.38. The van der Waals surface area contributed by atoms with Gasteiger partial charge in [0.25, 0.3) is 0 Å². The van der Waals surface area contributed by atoms with Crippen LogP contribution in [-0.4, -0.2) is 5.71 Å². The van der Waals surface area contributed by atoms with Gasteiger partial charge in [-0.3, -0.25) is 4.99 Å². The summed E-state index contributed by atoms with van der Waals surface area (Å²) in [5.41, 5.74) is 2.90. The van der Waals surface area contributed by atoms with E-state index < -0.39 is 0 Å². The molecule has 0 radical (unpaired) electrons. The highest BCUT2D eigenvalue weighted by molar-refractivity contribution is 5.94. The molecule has 0 saturated heterocycles. The van der Waals surface area contributed by atoms with Crippen LogP contribution in [0.2, 0.25) is 0 Å². The van der Waals surface area contributed by atoms with Crippen molar-refractivity contribution >= 4 is 17.5 Å². The molecule has 1 aromatic rings. The zero-order valence-electron chi connectivity index (χ0n) is 9.83. The predicted molar refractivity (Wildman–Crippen MR) is 70.8 cm³/mol. The van der Waals surface area contributed by atoms with Crippen molar-refractivity contribution in [2.75, 3.05) is 0 Å². The number of para-hydroxylation sites is 1. The Labute approximate surface area is 92.9 Å². The Balaban J connectivity index is 0.000000921. The van der Waals surface area contributed by atoms with E-state index in [2.05, 4.69) is 18.2 Å². The molecule has 0 amide bonds. The second-order valence-electron chi connectivity index (χ2n) is 2.72. The van der Waals surface area contributed by atoms with Crippen molar-refractivity contribution in [2.24, 2.45) is 4.99 Å². The number of allylic oxidation sites excluding steroid dienone is 1. The zero-order chi connectivity index (χ0) is 11.7. The van der Waals surface area contributed by atoms with E-state index in [1.807, 2.05) is 45.0 Å². The average Bonchev–Trinajstić information content (AvgIpc) is 2.32. The topological polar surface area (TPSA) is 12.4 Å². The van der Waals surface area contributed by atoms with E-state index in [4.69, 9.17) is 0 Å². The summed E-state index contributed by atoms with van der Waals surface area (Å²) in [5.74, 6) is 0. The average molecular weight is 201 g/mol. The van der Waals surface area contributed by atoms with E-state index in [1.54, 1.807) is 12.2 Å². The van der Waals surface area contributed by atoms with E-state index >= 15 is 0 Å². The van der Waals surface area contributed by atoms with Gasteiger partial charge >= 0.3 is 0 Å². The first-order valence-corrected chi connectivity index (χ1v) is 5.17. The summed E-state index contributed by atoms with van der Waals surface area (Å²) in [6.45, 7) is 13.3. The Bertz CT molecular complexity index is 348. The molecule has 0 aliphatic rings. The molecule has 0 saturated carbocycles. The molecule has 0 atom stereocenters. The summed E-state index contributed by atoms with van der Waals surface area (Å²) in [7, 11) is 0. The van der Waals surface area contributed by atoms with Crippen LogP contribution >= 0.6 is 0 Å². The Kier molecular flexibility index (Phi) is 6.90. The summed E-state index contributed by atoms with van der Waals surface area (Å²) in [4.78, 5) is 4.38. The Hall–Kier alpha value is -1.63. The SMILES string of the molecule is C=CC(C)=Nc1ccccc1C=C.CC. The standard InChI is InChI=1S/C12H13N.C2H6/c1-4-10(3)13-12-9-7-6-8-11(12)5-2;1-2/h4-9H,1-2H2,3H3;1-2H3. The van der Waals surface area contributed by atoms with Crippen LogP contribution in [0, 0.1) is 0 Å². The van der Waals surface area contributed by atoms with Gasteiger partial charge in [0.15, 0.2) is 0 Å². The molecule has 1 nitrogen and oxygen atoms in total. The van der Waals surface area contributed by atoms with Gasteiger partial charge in [-0.25, -0.2) is 0 Å². The van der Waals surface area contributed by atoms with Gasteiger partial charge in [-0.2, -0.15) is 0 Å². The predicted octanol–water partition coefficient (Wildman–Crippen LogP) is 4.63. The minimum Gasteiger partial charge on any atom is -0.253 e. The zero-order valence-corrected chi connectivity index (χ0v) is 9.83. The second kappa shape index (κ2) is 7.74. The number of hydrogen-bond acceptors (Lipinski definition) is 1. The summed E-state index contributed by atoms with van der Waals surface area (Å²) >= 11 is 0. The third kappa shape index (κ3) is 4.41. The Morgan fingerprint density at radius 1 is 1.20 bits per heavy atom. The molecule has 0 unspecified atom stereocenters. The minimum absolute atomic E-state index is 0.911. The van der Waals surface area contributed by atoms with E-state index in [-0.39, 0.29) is 0 Å². The highest BCUT2D eigenvalue weighted by atomic mass is 14.7. The third-order valence-electron chi connectivity index (χ3n) is 1.75. The second-order valence-corrected chi connectivity index (χ2v) is 2.72. The van der Waals surface area contributed by atoms with Gasteiger partial charge in [-0.1, -0.05) is 51.3 Å². The molecular formula is C14H19N. The lowest BCUT2D eigenvalue weighted by molar-refractivity contribution is 1.48. The van der Waals surface area contributed by atoms with Crippen molar-refractivity contribution in [1.29, 1.82) is 0 Å². The number of nitrogens with zero attached hydrogens (tertiary/aromatic N) is 1. The molecule has 1 rings (SSSR count). The van der Waals surface area contributed by atoms with E-state index in [0.29, 0.717) is 0 Å². The van der Waals surface area contributed by atoms with Gasteiger partial charge in [-0.15, -0.1) is 0 Å². The summed E-state index contributed by atoms with van der Waals surface area (Å²) in [5, 5.41) is 0. The van der Waals surface area contributed by atoms with Crippen LogP contribution in [0.5, 0.6) is 0 Å². The van der Waals surface area contributed by atoms with Crippen LogP contribution in [-0.2, 0) is 0 Å². The van der Waals surface area contributed by atoms with Gasteiger partial charge < -0.3 is 0 Å². The Morgan fingerprint density at radius 2 is 1.80 bits per heavy atom. The monoisotopic (exact) mass is 201 g/mol. The van der Waals surface area contributed by atoms with Gasteiger partial charge in [-0.05, 0) is 24.6 Å². The molecule has 80 valence electrons. The van der Waals surface area contributed by atoms with Crippen molar-refractivity contribution in [3.63, 3.8) is 0 Å². The maximum absolute atomic E-state index is 4.38.